The van der Waals surface area contributed by atoms with Crippen molar-refractivity contribution in [1.29, 1.82) is 0 Å². The van der Waals surface area contributed by atoms with E-state index in [2.05, 4.69) is 0 Å². The van der Waals surface area contributed by atoms with Gasteiger partial charge in [0.2, 0.25) is 20.0 Å². The molecule has 0 saturated carbocycles. The van der Waals surface area contributed by atoms with E-state index in [0.29, 0.717) is 0 Å². The fraction of sp³-hybridized carbons (Fsp3) is 0.533. The Bertz CT molecular complexity index is 1600. The highest BCUT2D eigenvalue weighted by Gasteiger charge is 2.35. The summed E-state index contributed by atoms with van der Waals surface area (Å²) in [5.41, 5.74) is -0.00762. The second kappa shape index (κ2) is 14.8. The second-order valence-corrected chi connectivity index (χ2v) is 14.9. The van der Waals surface area contributed by atoms with Crippen LogP contribution in [0.15, 0.2) is 34.1 Å². The number of rotatable bonds is 10. The minimum Gasteiger partial charge on any atom is -0.493 e. The minimum absolute atomic E-state index is 0.00381. The monoisotopic (exact) mass is 712 g/mol. The maximum Gasteiger partial charge on any atom is 0.257 e. The Morgan fingerprint density at radius 1 is 0.542 bits per heavy atom. The highest BCUT2D eigenvalue weighted by Crippen LogP contribution is 2.38. The smallest absolute Gasteiger partial charge is 0.257 e. The molecule has 0 atom stereocenters. The zero-order chi connectivity index (χ0) is 34.6. The first-order valence-electron chi connectivity index (χ1n) is 15.2. The number of methoxy groups -OCH3 is 4. The van der Waals surface area contributed by atoms with Crippen LogP contribution in [0.5, 0.6) is 23.0 Å². The summed E-state index contributed by atoms with van der Waals surface area (Å²) in [7, 11) is -2.52. The summed E-state index contributed by atoms with van der Waals surface area (Å²) in [6.45, 7) is 2.13. The average Bonchev–Trinajstić information content (AvgIpc) is 3.13. The van der Waals surface area contributed by atoms with E-state index in [0.717, 1.165) is 0 Å². The fourth-order valence-electron chi connectivity index (χ4n) is 5.82. The molecule has 3 aliphatic heterocycles. The first kappa shape index (κ1) is 35.6. The molecule has 2 amide bonds. The number of piperazine rings is 1. The molecule has 0 bridgehead atoms. The van der Waals surface area contributed by atoms with Gasteiger partial charge in [-0.3, -0.25) is 9.59 Å². The van der Waals surface area contributed by atoms with Crippen LogP contribution in [-0.2, 0) is 29.5 Å². The Morgan fingerprint density at radius 2 is 0.875 bits per heavy atom. The van der Waals surface area contributed by atoms with Crippen LogP contribution in [-0.4, -0.2) is 154 Å². The summed E-state index contributed by atoms with van der Waals surface area (Å²) in [6.07, 6.45) is 0. The lowest BCUT2D eigenvalue weighted by atomic mass is 10.1. The van der Waals surface area contributed by atoms with Crippen LogP contribution < -0.4 is 18.9 Å². The van der Waals surface area contributed by atoms with Gasteiger partial charge in [0, 0.05) is 64.5 Å². The first-order chi connectivity index (χ1) is 23.0. The number of ether oxygens (including phenoxy) is 6. The SMILES string of the molecule is COc1cc(S(=O)(=O)N2CCOCC2)cc(C(=O)N2CCN(C(=O)c3cc(S(=O)(=O)N4CCOCC4)cc(OC)c3OC)CC2)c1OC. The maximum atomic E-state index is 13.9. The van der Waals surface area contributed by atoms with Crippen molar-refractivity contribution >= 4 is 31.9 Å². The molecule has 0 N–H and O–H groups in total. The van der Waals surface area contributed by atoms with Gasteiger partial charge in [0.15, 0.2) is 23.0 Å². The molecule has 0 aliphatic carbocycles. The van der Waals surface area contributed by atoms with Gasteiger partial charge in [0.25, 0.3) is 11.8 Å². The van der Waals surface area contributed by atoms with Crippen LogP contribution >= 0.6 is 0 Å². The Kier molecular flexibility index (Phi) is 11.0. The van der Waals surface area contributed by atoms with Crippen LogP contribution in [0.25, 0.3) is 0 Å². The predicted molar refractivity (Wildman–Crippen MR) is 170 cm³/mol. The van der Waals surface area contributed by atoms with E-state index < -0.39 is 31.9 Å². The molecule has 48 heavy (non-hydrogen) atoms. The topological polar surface area (TPSA) is 171 Å². The molecule has 18 heteroatoms. The van der Waals surface area contributed by atoms with Crippen molar-refractivity contribution < 1.29 is 54.8 Å². The van der Waals surface area contributed by atoms with Gasteiger partial charge >= 0.3 is 0 Å². The van der Waals surface area contributed by atoms with Crippen LogP contribution in [0, 0.1) is 0 Å². The number of hydrogen-bond acceptors (Lipinski definition) is 12. The quantitative estimate of drug-likeness (QED) is 0.332. The van der Waals surface area contributed by atoms with Crippen LogP contribution in [0.1, 0.15) is 20.7 Å². The number of carbonyl (C=O) groups is 2. The van der Waals surface area contributed by atoms with Crippen molar-refractivity contribution in [1.82, 2.24) is 18.4 Å². The summed E-state index contributed by atoms with van der Waals surface area (Å²) < 4.78 is 88.9. The molecule has 0 aromatic heterocycles. The highest BCUT2D eigenvalue weighted by molar-refractivity contribution is 7.89. The molecule has 2 aromatic carbocycles. The van der Waals surface area contributed by atoms with Crippen molar-refractivity contribution in [3.63, 3.8) is 0 Å². The number of carbonyl (C=O) groups excluding carboxylic acids is 2. The Hall–Kier alpha value is -3.68. The number of benzene rings is 2. The number of nitrogens with zero attached hydrogens (tertiary/aromatic N) is 4. The van der Waals surface area contributed by atoms with E-state index in [1.165, 1.54) is 71.1 Å². The molecule has 264 valence electrons. The van der Waals surface area contributed by atoms with Crippen LogP contribution in [0.2, 0.25) is 0 Å². The van der Waals surface area contributed by atoms with E-state index in [1.54, 1.807) is 0 Å². The van der Waals surface area contributed by atoms with Crippen molar-refractivity contribution in [2.45, 2.75) is 9.79 Å². The zero-order valence-corrected chi connectivity index (χ0v) is 28.9. The molecule has 0 radical (unpaired) electrons. The van der Waals surface area contributed by atoms with Crippen molar-refractivity contribution in [3.05, 3.63) is 35.4 Å². The summed E-state index contributed by atoms with van der Waals surface area (Å²) in [4.78, 5) is 30.5. The van der Waals surface area contributed by atoms with Gasteiger partial charge in [0.05, 0.1) is 75.8 Å². The van der Waals surface area contributed by atoms with Crippen molar-refractivity contribution in [2.75, 3.05) is 107 Å². The van der Waals surface area contributed by atoms with E-state index in [4.69, 9.17) is 28.4 Å². The van der Waals surface area contributed by atoms with Gasteiger partial charge in [-0.2, -0.15) is 8.61 Å². The molecule has 5 rings (SSSR count). The molecule has 3 fully saturated rings. The molecule has 3 aliphatic rings. The van der Waals surface area contributed by atoms with Gasteiger partial charge in [0.1, 0.15) is 0 Å². The van der Waals surface area contributed by atoms with E-state index in [1.807, 2.05) is 0 Å². The third-order valence-electron chi connectivity index (χ3n) is 8.44. The van der Waals surface area contributed by atoms with Gasteiger partial charge < -0.3 is 38.2 Å². The van der Waals surface area contributed by atoms with Crippen molar-refractivity contribution in [3.8, 4) is 23.0 Å². The predicted octanol–water partition coefficient (Wildman–Crippen LogP) is 0.361. The Morgan fingerprint density at radius 3 is 1.17 bits per heavy atom. The number of sulfonamides is 2. The number of morpholine rings is 2. The fourth-order valence-corrected chi connectivity index (χ4v) is 8.72. The normalized spacial score (nSPS) is 18.3. The van der Waals surface area contributed by atoms with E-state index >= 15 is 0 Å². The summed E-state index contributed by atoms with van der Waals surface area (Å²) in [5, 5.41) is 0. The van der Waals surface area contributed by atoms with E-state index in [9.17, 15) is 26.4 Å². The lowest BCUT2D eigenvalue weighted by Gasteiger charge is -2.35. The first-order valence-corrected chi connectivity index (χ1v) is 18.1. The Labute approximate surface area is 280 Å². The molecule has 16 nitrogen and oxygen atoms in total. The van der Waals surface area contributed by atoms with Gasteiger partial charge in [-0.1, -0.05) is 0 Å². The van der Waals surface area contributed by atoms with Gasteiger partial charge in [-0.15, -0.1) is 0 Å². The minimum atomic E-state index is -3.97. The molecular weight excluding hydrogens is 672 g/mol. The number of hydrogen-bond donors (Lipinski definition) is 0. The lowest BCUT2D eigenvalue weighted by molar-refractivity contribution is 0.0530. The van der Waals surface area contributed by atoms with Gasteiger partial charge in [-0.05, 0) is 12.1 Å². The standard InChI is InChI=1S/C30H40N4O12S2/c1-41-25-19-21(47(37,38)33-9-13-45-14-10-33)17-23(27(25)43-3)29(35)31-5-7-32(8-6-31)30(36)24-18-22(20-26(42-2)28(24)44-4)48(39,40)34-11-15-46-16-12-34/h17-20H,5-16H2,1-4H3. The zero-order valence-electron chi connectivity index (χ0n) is 27.3. The van der Waals surface area contributed by atoms with Crippen LogP contribution in [0.3, 0.4) is 0 Å². The molecule has 0 spiro atoms. The highest BCUT2D eigenvalue weighted by atomic mass is 32.2. The van der Waals surface area contributed by atoms with E-state index in [-0.39, 0.29) is 123 Å². The lowest BCUT2D eigenvalue weighted by Crippen LogP contribution is -2.50. The van der Waals surface area contributed by atoms with Crippen molar-refractivity contribution in [2.24, 2.45) is 0 Å². The molecule has 2 aromatic rings. The summed E-state index contributed by atoms with van der Waals surface area (Å²) in [5.74, 6) is -0.689. The molecule has 3 heterocycles. The summed E-state index contributed by atoms with van der Waals surface area (Å²) >= 11 is 0. The number of amides is 2. The second-order valence-electron chi connectivity index (χ2n) is 11.0. The third-order valence-corrected chi connectivity index (χ3v) is 12.2. The molecule has 3 saturated heterocycles. The van der Waals surface area contributed by atoms with Crippen LogP contribution in [0.4, 0.5) is 0 Å². The molecular formula is C30H40N4O12S2. The third kappa shape index (κ3) is 6.90. The summed E-state index contributed by atoms with van der Waals surface area (Å²) in [6, 6.07) is 5.21. The largest absolute Gasteiger partial charge is 0.493 e. The maximum absolute atomic E-state index is 13.9. The molecule has 0 unspecified atom stereocenters. The average molecular weight is 713 g/mol. The Balaban J connectivity index is 1.39. The van der Waals surface area contributed by atoms with Gasteiger partial charge in [-0.25, -0.2) is 16.8 Å².